The van der Waals surface area contributed by atoms with Gasteiger partial charge < -0.3 is 0 Å². The summed E-state index contributed by atoms with van der Waals surface area (Å²) in [4.78, 5) is 15.9. The van der Waals surface area contributed by atoms with E-state index in [9.17, 15) is 0 Å². The van der Waals surface area contributed by atoms with Crippen LogP contribution in [0.5, 0.6) is 0 Å². The second-order valence-electron chi connectivity index (χ2n) is 15.7. The molecule has 5 heteroatoms. The van der Waals surface area contributed by atoms with Gasteiger partial charge in [-0.25, -0.2) is 15.0 Å². The van der Waals surface area contributed by atoms with Crippen molar-refractivity contribution in [1.82, 2.24) is 15.0 Å². The molecule has 0 bridgehead atoms. The molecule has 0 saturated heterocycles. The van der Waals surface area contributed by atoms with E-state index in [1.165, 1.54) is 43.0 Å². The smallest absolute Gasteiger partial charge is 0.164 e. The van der Waals surface area contributed by atoms with Crippen molar-refractivity contribution < 1.29 is 0 Å². The van der Waals surface area contributed by atoms with Gasteiger partial charge in [-0.05, 0) is 55.9 Å². The Morgan fingerprint density at radius 3 is 1.15 bits per heavy atom. The van der Waals surface area contributed by atoms with Crippen LogP contribution in [0.25, 0.3) is 78.0 Å². The second-order valence-corrected chi connectivity index (χ2v) is 25.8. The minimum Gasteiger partial charge on any atom is -0.208 e. The van der Waals surface area contributed by atoms with Gasteiger partial charge in [-0.3, -0.25) is 0 Å². The number of fused-ring (bicyclic) bond motifs is 2. The quantitative estimate of drug-likeness (QED) is 0.155. The standard InChI is InChI=1S/C47H43N3Si2/c1-51(2,3)43-28-26-41(37-22-10-12-24-39(37)43)46-48-45(49-47(50-46)42-27-29-44(52(4,5)6)40-25-13-11-23-38(40)42)36-21-15-20-35(31-36)34-19-14-18-33(30-34)32-16-8-7-9-17-32/h7-31H,1-6H3. The zero-order valence-electron chi connectivity index (χ0n) is 30.8. The molecule has 0 atom stereocenters. The summed E-state index contributed by atoms with van der Waals surface area (Å²) < 4.78 is 0. The lowest BCUT2D eigenvalue weighted by Gasteiger charge is -2.21. The zero-order valence-corrected chi connectivity index (χ0v) is 32.8. The maximum Gasteiger partial charge on any atom is 0.164 e. The minimum atomic E-state index is -1.61. The van der Waals surface area contributed by atoms with E-state index >= 15 is 0 Å². The van der Waals surface area contributed by atoms with E-state index in [0.717, 1.165) is 27.8 Å². The molecular formula is C47H43N3Si2. The van der Waals surface area contributed by atoms with Crippen molar-refractivity contribution in [2.24, 2.45) is 0 Å². The van der Waals surface area contributed by atoms with Gasteiger partial charge in [-0.1, -0.05) is 189 Å². The Kier molecular flexibility index (Phi) is 8.56. The second kappa shape index (κ2) is 13.2. The fourth-order valence-corrected chi connectivity index (χ4v) is 10.6. The van der Waals surface area contributed by atoms with Crippen molar-refractivity contribution in [3.8, 4) is 56.4 Å². The van der Waals surface area contributed by atoms with Crippen molar-refractivity contribution in [3.05, 3.63) is 152 Å². The lowest BCUT2D eigenvalue weighted by Crippen LogP contribution is -2.38. The number of benzene rings is 7. The summed E-state index contributed by atoms with van der Waals surface area (Å²) in [5, 5.41) is 7.81. The summed E-state index contributed by atoms with van der Waals surface area (Å²) in [5.74, 6) is 2.04. The Labute approximate surface area is 309 Å². The molecule has 0 aliphatic carbocycles. The molecule has 8 rings (SSSR count). The maximum absolute atomic E-state index is 5.31. The van der Waals surface area contributed by atoms with Gasteiger partial charge in [0.1, 0.15) is 0 Å². The van der Waals surface area contributed by atoms with Crippen molar-refractivity contribution in [3.63, 3.8) is 0 Å². The van der Waals surface area contributed by atoms with E-state index in [1.54, 1.807) is 0 Å². The Hall–Kier alpha value is -5.50. The lowest BCUT2D eigenvalue weighted by atomic mass is 9.98. The Bertz CT molecular complexity index is 2480. The third-order valence-corrected chi connectivity index (χ3v) is 14.1. The van der Waals surface area contributed by atoms with E-state index in [4.69, 9.17) is 15.0 Å². The molecule has 1 aromatic heterocycles. The summed E-state index contributed by atoms with van der Waals surface area (Å²) in [6.45, 7) is 14.4. The highest BCUT2D eigenvalue weighted by atomic mass is 28.3. The van der Waals surface area contributed by atoms with E-state index in [0.29, 0.717) is 17.5 Å². The predicted octanol–water partition coefficient (Wildman–Crippen LogP) is 11.6. The summed E-state index contributed by atoms with van der Waals surface area (Å²) >= 11 is 0. The molecule has 0 saturated carbocycles. The van der Waals surface area contributed by atoms with Crippen LogP contribution in [0.2, 0.25) is 39.3 Å². The topological polar surface area (TPSA) is 38.7 Å². The highest BCUT2D eigenvalue weighted by Gasteiger charge is 2.24. The number of hydrogen-bond donors (Lipinski definition) is 0. The maximum atomic E-state index is 5.31. The van der Waals surface area contributed by atoms with Gasteiger partial charge in [0.2, 0.25) is 0 Å². The average molecular weight is 706 g/mol. The van der Waals surface area contributed by atoms with E-state index in [2.05, 4.69) is 191 Å². The van der Waals surface area contributed by atoms with Gasteiger partial charge in [-0.15, -0.1) is 0 Å². The number of nitrogens with zero attached hydrogens (tertiary/aromatic N) is 3. The van der Waals surface area contributed by atoms with Crippen LogP contribution >= 0.6 is 0 Å². The highest BCUT2D eigenvalue weighted by Crippen LogP contribution is 2.34. The van der Waals surface area contributed by atoms with E-state index < -0.39 is 16.1 Å². The number of hydrogen-bond acceptors (Lipinski definition) is 3. The van der Waals surface area contributed by atoms with Gasteiger partial charge in [0.15, 0.2) is 17.5 Å². The Morgan fingerprint density at radius 1 is 0.308 bits per heavy atom. The molecule has 7 aromatic carbocycles. The fraction of sp³-hybridized carbons (Fsp3) is 0.128. The minimum absolute atomic E-state index is 0.665. The molecule has 0 N–H and O–H groups in total. The molecule has 3 nitrogen and oxygen atoms in total. The number of rotatable bonds is 7. The summed E-state index contributed by atoms with van der Waals surface area (Å²) in [6.07, 6.45) is 0. The van der Waals surface area contributed by atoms with E-state index in [1.807, 2.05) is 0 Å². The molecular weight excluding hydrogens is 663 g/mol. The van der Waals surface area contributed by atoms with Crippen LogP contribution in [0, 0.1) is 0 Å². The fourth-order valence-electron chi connectivity index (χ4n) is 7.39. The molecule has 0 spiro atoms. The summed E-state index contributed by atoms with van der Waals surface area (Å²) in [5.41, 5.74) is 7.67. The largest absolute Gasteiger partial charge is 0.208 e. The molecule has 52 heavy (non-hydrogen) atoms. The Balaban J connectivity index is 1.35. The first-order valence-corrected chi connectivity index (χ1v) is 25.1. The van der Waals surface area contributed by atoms with Crippen molar-refractivity contribution >= 4 is 48.1 Å². The van der Waals surface area contributed by atoms with Crippen LogP contribution in [0.15, 0.2) is 152 Å². The first-order valence-electron chi connectivity index (χ1n) is 18.1. The predicted molar refractivity (Wildman–Crippen MR) is 228 cm³/mol. The third kappa shape index (κ3) is 6.42. The molecule has 0 unspecified atom stereocenters. The molecule has 1 heterocycles. The first-order chi connectivity index (χ1) is 25.0. The molecule has 0 radical (unpaired) electrons. The lowest BCUT2D eigenvalue weighted by molar-refractivity contribution is 1.08. The normalized spacial score (nSPS) is 12.0. The van der Waals surface area contributed by atoms with Crippen LogP contribution in [0.3, 0.4) is 0 Å². The first kappa shape index (κ1) is 33.6. The zero-order chi connectivity index (χ0) is 36.0. The molecule has 0 aliphatic heterocycles. The van der Waals surface area contributed by atoms with Gasteiger partial charge >= 0.3 is 0 Å². The van der Waals surface area contributed by atoms with Crippen LogP contribution in [0.1, 0.15) is 0 Å². The van der Waals surface area contributed by atoms with Crippen LogP contribution in [-0.4, -0.2) is 31.1 Å². The summed E-state index contributed by atoms with van der Waals surface area (Å²) in [6, 6.07) is 54.5. The van der Waals surface area contributed by atoms with E-state index in [-0.39, 0.29) is 0 Å². The average Bonchev–Trinajstić information content (AvgIpc) is 3.16. The molecule has 0 amide bonds. The monoisotopic (exact) mass is 705 g/mol. The van der Waals surface area contributed by atoms with Crippen molar-refractivity contribution in [2.45, 2.75) is 39.3 Å². The van der Waals surface area contributed by atoms with Gasteiger partial charge in [-0.2, -0.15) is 0 Å². The summed E-state index contributed by atoms with van der Waals surface area (Å²) in [7, 11) is -3.23. The molecule has 0 fully saturated rings. The number of aromatic nitrogens is 3. The van der Waals surface area contributed by atoms with Crippen LogP contribution in [0.4, 0.5) is 0 Å². The van der Waals surface area contributed by atoms with Gasteiger partial charge in [0.25, 0.3) is 0 Å². The molecule has 8 aromatic rings. The van der Waals surface area contributed by atoms with Gasteiger partial charge in [0, 0.05) is 16.7 Å². The van der Waals surface area contributed by atoms with Gasteiger partial charge in [0.05, 0.1) is 16.1 Å². The van der Waals surface area contributed by atoms with Crippen molar-refractivity contribution in [2.75, 3.05) is 0 Å². The van der Waals surface area contributed by atoms with Crippen LogP contribution < -0.4 is 10.4 Å². The Morgan fingerprint density at radius 2 is 0.673 bits per heavy atom. The SMILES string of the molecule is C[Si](C)(C)c1ccc(-c2nc(-c3cccc(-c4cccc(-c5ccccc5)c4)c3)nc(-c3ccc([Si](C)(C)C)c4ccccc34)n2)c2ccccc12. The van der Waals surface area contributed by atoms with Crippen molar-refractivity contribution in [1.29, 1.82) is 0 Å². The van der Waals surface area contributed by atoms with Crippen LogP contribution in [-0.2, 0) is 0 Å². The third-order valence-electron chi connectivity index (χ3n) is 10.0. The molecule has 0 aliphatic rings. The molecule has 254 valence electrons. The highest BCUT2D eigenvalue weighted by molar-refractivity contribution is 6.91.